The fourth-order valence-electron chi connectivity index (χ4n) is 5.19. The van der Waals surface area contributed by atoms with E-state index in [0.29, 0.717) is 19.4 Å². The van der Waals surface area contributed by atoms with E-state index in [-0.39, 0.29) is 30.9 Å². The third kappa shape index (κ3) is 5.08. The van der Waals surface area contributed by atoms with Crippen molar-refractivity contribution in [3.05, 3.63) is 59.7 Å². The van der Waals surface area contributed by atoms with Gasteiger partial charge in [0.2, 0.25) is 5.91 Å². The van der Waals surface area contributed by atoms with Gasteiger partial charge in [-0.2, -0.15) is 0 Å². The Hall–Kier alpha value is -3.35. The molecule has 2 aromatic rings. The van der Waals surface area contributed by atoms with Gasteiger partial charge < -0.3 is 20.1 Å². The number of ether oxygens (including phenoxy) is 1. The monoisotopic (exact) mass is 464 g/mol. The lowest BCUT2D eigenvalue weighted by molar-refractivity contribution is -0.140. The molecule has 180 valence electrons. The molecule has 2 atom stereocenters. The minimum Gasteiger partial charge on any atom is -0.481 e. The van der Waals surface area contributed by atoms with Gasteiger partial charge in [-0.1, -0.05) is 68.3 Å². The van der Waals surface area contributed by atoms with Crippen LogP contribution in [0.25, 0.3) is 11.1 Å². The number of carboxylic acid groups (broad SMARTS) is 1. The summed E-state index contributed by atoms with van der Waals surface area (Å²) in [5.41, 5.74) is 4.57. The number of benzene rings is 2. The highest BCUT2D eigenvalue weighted by atomic mass is 16.5. The number of alkyl carbamates (subject to hydrolysis) is 1. The SMILES string of the molecule is CCCC[C@H](NC(=O)OCC1c2ccccc2-c2ccccc21)C(=O)N1CCC[C@H]1CC(=O)O. The van der Waals surface area contributed by atoms with Gasteiger partial charge in [-0.25, -0.2) is 4.79 Å². The van der Waals surface area contributed by atoms with Gasteiger partial charge in [0.1, 0.15) is 12.6 Å². The number of fused-ring (bicyclic) bond motifs is 3. The van der Waals surface area contributed by atoms with Crippen LogP contribution >= 0.6 is 0 Å². The number of hydrogen-bond donors (Lipinski definition) is 2. The first-order chi connectivity index (χ1) is 16.5. The van der Waals surface area contributed by atoms with E-state index in [1.165, 1.54) is 0 Å². The summed E-state index contributed by atoms with van der Waals surface area (Å²) in [6, 6.07) is 15.2. The highest BCUT2D eigenvalue weighted by Crippen LogP contribution is 2.44. The van der Waals surface area contributed by atoms with Crippen LogP contribution in [-0.2, 0) is 14.3 Å². The van der Waals surface area contributed by atoms with Gasteiger partial charge in [0.05, 0.1) is 6.42 Å². The lowest BCUT2D eigenvalue weighted by Gasteiger charge is -2.28. The van der Waals surface area contributed by atoms with E-state index in [9.17, 15) is 19.5 Å². The molecule has 1 fully saturated rings. The largest absolute Gasteiger partial charge is 0.481 e. The van der Waals surface area contributed by atoms with Crippen molar-refractivity contribution in [2.75, 3.05) is 13.2 Å². The first-order valence-corrected chi connectivity index (χ1v) is 12.1. The summed E-state index contributed by atoms with van der Waals surface area (Å²) in [6.45, 7) is 2.73. The van der Waals surface area contributed by atoms with Crippen molar-refractivity contribution >= 4 is 18.0 Å². The van der Waals surface area contributed by atoms with E-state index >= 15 is 0 Å². The first kappa shape index (κ1) is 23.8. The zero-order chi connectivity index (χ0) is 24.1. The van der Waals surface area contributed by atoms with Crippen molar-refractivity contribution in [3.8, 4) is 11.1 Å². The predicted octanol–water partition coefficient (Wildman–Crippen LogP) is 4.55. The fourth-order valence-corrected chi connectivity index (χ4v) is 5.19. The van der Waals surface area contributed by atoms with E-state index in [4.69, 9.17) is 4.74 Å². The van der Waals surface area contributed by atoms with Crippen LogP contribution in [0.5, 0.6) is 0 Å². The zero-order valence-electron chi connectivity index (χ0n) is 19.5. The molecular formula is C27H32N2O5. The molecule has 0 radical (unpaired) electrons. The molecule has 2 N–H and O–H groups in total. The number of nitrogens with zero attached hydrogens (tertiary/aromatic N) is 1. The van der Waals surface area contributed by atoms with E-state index in [0.717, 1.165) is 41.5 Å². The summed E-state index contributed by atoms with van der Waals surface area (Å²) in [5.74, 6) is -1.19. The Morgan fingerprint density at radius 1 is 1.09 bits per heavy atom. The van der Waals surface area contributed by atoms with E-state index < -0.39 is 18.1 Å². The number of rotatable bonds is 9. The standard InChI is InChI=1S/C27H32N2O5/c1-2-3-14-24(26(32)29-15-8-9-18(29)16-25(30)31)28-27(33)34-17-23-21-12-6-4-10-19(21)20-11-5-7-13-22(20)23/h4-7,10-13,18,23-24H,2-3,8-9,14-17H2,1H3,(H,28,33)(H,30,31)/t18-,24-/m0/s1. The molecule has 2 aromatic carbocycles. The molecule has 2 amide bonds. The number of carboxylic acids is 1. The van der Waals surface area contributed by atoms with Crippen LogP contribution in [0.1, 0.15) is 62.5 Å². The van der Waals surface area contributed by atoms with Crippen LogP contribution in [0, 0.1) is 0 Å². The molecule has 4 rings (SSSR count). The highest BCUT2D eigenvalue weighted by molar-refractivity contribution is 5.86. The Labute approximate surface area is 200 Å². The highest BCUT2D eigenvalue weighted by Gasteiger charge is 2.35. The maximum absolute atomic E-state index is 13.2. The molecule has 0 aromatic heterocycles. The molecule has 1 aliphatic carbocycles. The van der Waals surface area contributed by atoms with Gasteiger partial charge in [-0.05, 0) is 41.5 Å². The van der Waals surface area contributed by atoms with Crippen LogP contribution in [-0.4, -0.2) is 53.2 Å². The Bertz CT molecular complexity index is 1010. The molecule has 1 saturated heterocycles. The topological polar surface area (TPSA) is 95.9 Å². The minimum absolute atomic E-state index is 0.0542. The summed E-state index contributed by atoms with van der Waals surface area (Å²) in [7, 11) is 0. The third-order valence-electron chi connectivity index (χ3n) is 6.85. The number of carbonyl (C=O) groups excluding carboxylic acids is 2. The van der Waals surface area contributed by atoms with E-state index in [1.54, 1.807) is 4.90 Å². The molecule has 0 bridgehead atoms. The van der Waals surface area contributed by atoms with Crippen LogP contribution in [0.2, 0.25) is 0 Å². The minimum atomic E-state index is -0.917. The van der Waals surface area contributed by atoms with Crippen molar-refractivity contribution < 1.29 is 24.2 Å². The Balaban J connectivity index is 1.42. The number of carbonyl (C=O) groups is 3. The van der Waals surface area contributed by atoms with Crippen molar-refractivity contribution in [2.24, 2.45) is 0 Å². The lowest BCUT2D eigenvalue weighted by Crippen LogP contribution is -2.50. The number of likely N-dealkylation sites (tertiary alicyclic amines) is 1. The molecule has 7 nitrogen and oxygen atoms in total. The van der Waals surface area contributed by atoms with Gasteiger partial charge >= 0.3 is 12.1 Å². The summed E-state index contributed by atoms with van der Waals surface area (Å²) in [6.07, 6.45) is 2.91. The van der Waals surface area contributed by atoms with Crippen LogP contribution in [0.4, 0.5) is 4.79 Å². The predicted molar refractivity (Wildman–Crippen MR) is 129 cm³/mol. The zero-order valence-corrected chi connectivity index (χ0v) is 19.5. The normalized spacial score (nSPS) is 17.7. The number of aliphatic carboxylic acids is 1. The van der Waals surface area contributed by atoms with Crippen LogP contribution in [0.3, 0.4) is 0 Å². The average Bonchev–Trinajstić information content (AvgIpc) is 3.42. The Morgan fingerprint density at radius 2 is 1.74 bits per heavy atom. The van der Waals surface area contributed by atoms with Gasteiger partial charge in [0.25, 0.3) is 0 Å². The fraction of sp³-hybridized carbons (Fsp3) is 0.444. The Kier molecular flexibility index (Phi) is 7.50. The number of nitrogens with one attached hydrogen (secondary N) is 1. The van der Waals surface area contributed by atoms with Gasteiger partial charge in [0, 0.05) is 18.5 Å². The molecule has 34 heavy (non-hydrogen) atoms. The average molecular weight is 465 g/mol. The molecule has 0 spiro atoms. The maximum atomic E-state index is 13.2. The molecule has 1 heterocycles. The smallest absolute Gasteiger partial charge is 0.407 e. The quantitative estimate of drug-likeness (QED) is 0.568. The van der Waals surface area contributed by atoms with E-state index in [2.05, 4.69) is 29.6 Å². The van der Waals surface area contributed by atoms with Crippen LogP contribution in [0.15, 0.2) is 48.5 Å². The maximum Gasteiger partial charge on any atom is 0.407 e. The summed E-state index contributed by atoms with van der Waals surface area (Å²) >= 11 is 0. The van der Waals surface area contributed by atoms with Crippen molar-refractivity contribution in [1.82, 2.24) is 10.2 Å². The summed E-state index contributed by atoms with van der Waals surface area (Å²) < 4.78 is 5.64. The van der Waals surface area contributed by atoms with Crippen molar-refractivity contribution in [3.63, 3.8) is 0 Å². The van der Waals surface area contributed by atoms with Crippen LogP contribution < -0.4 is 5.32 Å². The molecular weight excluding hydrogens is 432 g/mol. The summed E-state index contributed by atoms with van der Waals surface area (Å²) in [5, 5.41) is 12.0. The number of unbranched alkanes of at least 4 members (excludes halogenated alkanes) is 1. The second-order valence-corrected chi connectivity index (χ2v) is 9.09. The molecule has 0 saturated carbocycles. The lowest BCUT2D eigenvalue weighted by atomic mass is 9.98. The van der Waals surface area contributed by atoms with Gasteiger partial charge in [0.15, 0.2) is 0 Å². The molecule has 0 unspecified atom stereocenters. The van der Waals surface area contributed by atoms with Crippen molar-refractivity contribution in [2.45, 2.75) is 63.5 Å². The molecule has 7 heteroatoms. The summed E-state index contributed by atoms with van der Waals surface area (Å²) in [4.78, 5) is 38.8. The molecule has 1 aliphatic heterocycles. The number of amides is 2. The second kappa shape index (κ2) is 10.7. The van der Waals surface area contributed by atoms with Gasteiger partial charge in [-0.15, -0.1) is 0 Å². The third-order valence-corrected chi connectivity index (χ3v) is 6.85. The van der Waals surface area contributed by atoms with E-state index in [1.807, 2.05) is 31.2 Å². The van der Waals surface area contributed by atoms with Gasteiger partial charge in [-0.3, -0.25) is 9.59 Å². The Morgan fingerprint density at radius 3 is 2.35 bits per heavy atom. The first-order valence-electron chi connectivity index (χ1n) is 12.1. The molecule has 2 aliphatic rings. The second-order valence-electron chi connectivity index (χ2n) is 9.09. The number of hydrogen-bond acceptors (Lipinski definition) is 4. The van der Waals surface area contributed by atoms with Crippen molar-refractivity contribution in [1.29, 1.82) is 0 Å².